The zero-order valence-electron chi connectivity index (χ0n) is 4.93. The molecule has 0 fully saturated rings. The molecule has 1 aromatic rings. The molecule has 1 aromatic carbocycles. The minimum atomic E-state index is -2.58. The number of rotatable bonds is 0. The molecule has 0 nitrogen and oxygen atoms in total. The summed E-state index contributed by atoms with van der Waals surface area (Å²) in [5.74, 6) is 0. The standard InChI is InChI=1S/C6H6.Al.2FH.H/c1-2-4-6-5-3-1;;;;/h1-6H;;2*1H;/q;+2;;;/p-2. The molecular weight excluding hydrogens is 137 g/mol. The molecule has 0 aliphatic rings. The first kappa shape index (κ1) is 8.61. The van der Waals surface area contributed by atoms with Gasteiger partial charge in [-0.15, -0.1) is 0 Å². The molecule has 0 saturated carbocycles. The van der Waals surface area contributed by atoms with Crippen molar-refractivity contribution in [2.75, 3.05) is 0 Å². The van der Waals surface area contributed by atoms with Crippen LogP contribution in [0.3, 0.4) is 0 Å². The maximum Gasteiger partial charge on any atom is 0.732 e. The van der Waals surface area contributed by atoms with Crippen molar-refractivity contribution in [1.82, 2.24) is 0 Å². The molecule has 0 atom stereocenters. The highest BCUT2D eigenvalue weighted by atomic mass is 27.2. The van der Waals surface area contributed by atoms with Gasteiger partial charge in [-0.05, 0) is 0 Å². The largest absolute Gasteiger partial charge is 0.732 e. The van der Waals surface area contributed by atoms with Crippen molar-refractivity contribution in [1.29, 1.82) is 0 Å². The van der Waals surface area contributed by atoms with Crippen LogP contribution in [0.5, 0.6) is 0 Å². The maximum absolute atomic E-state index is 9.76. The Morgan fingerprint density at radius 1 is 0.667 bits per heavy atom. The Bertz CT molecular complexity index is 93.9. The van der Waals surface area contributed by atoms with Crippen LogP contribution in [0.4, 0.5) is 7.05 Å². The highest BCUT2D eigenvalue weighted by Gasteiger charge is 1.70. The Kier molecular flexibility index (Phi) is 7.28. The predicted molar refractivity (Wildman–Crippen MR) is 35.8 cm³/mol. The number of benzene rings is 1. The van der Waals surface area contributed by atoms with Gasteiger partial charge in [0, 0.05) is 0 Å². The summed E-state index contributed by atoms with van der Waals surface area (Å²) in [5, 5.41) is 0. The summed E-state index contributed by atoms with van der Waals surface area (Å²) in [7, 11) is 0. The van der Waals surface area contributed by atoms with Crippen LogP contribution in [0.1, 0.15) is 0 Å². The normalized spacial score (nSPS) is 6.89. The van der Waals surface area contributed by atoms with E-state index in [0.717, 1.165) is 0 Å². The van der Waals surface area contributed by atoms with Gasteiger partial charge in [0.25, 0.3) is 0 Å². The second-order valence-corrected chi connectivity index (χ2v) is 1.46. The summed E-state index contributed by atoms with van der Waals surface area (Å²) in [5.41, 5.74) is 0. The summed E-state index contributed by atoms with van der Waals surface area (Å²) >= 11 is -2.58. The lowest BCUT2D eigenvalue weighted by atomic mass is 10.4. The summed E-state index contributed by atoms with van der Waals surface area (Å²) in [6.45, 7) is 0. The molecule has 0 unspecified atom stereocenters. The van der Waals surface area contributed by atoms with Gasteiger partial charge >= 0.3 is 16.1 Å². The van der Waals surface area contributed by atoms with E-state index in [2.05, 4.69) is 0 Å². The fraction of sp³-hybridized carbons (Fsp3) is 0. The minimum absolute atomic E-state index is 2.00. The number of halogens is 2. The molecule has 0 bridgehead atoms. The third kappa shape index (κ3) is 7.61. The molecule has 0 N–H and O–H groups in total. The summed E-state index contributed by atoms with van der Waals surface area (Å²) in [6.07, 6.45) is 0. The fourth-order valence-corrected chi connectivity index (χ4v) is 0.385. The van der Waals surface area contributed by atoms with E-state index >= 15 is 0 Å². The van der Waals surface area contributed by atoms with Gasteiger partial charge in [-0.2, -0.15) is 0 Å². The Balaban J connectivity index is 0.000000187. The third-order valence-electron chi connectivity index (χ3n) is 0.667. The van der Waals surface area contributed by atoms with E-state index in [0.29, 0.717) is 0 Å². The van der Waals surface area contributed by atoms with Crippen molar-refractivity contribution in [3.05, 3.63) is 36.4 Å². The first-order valence-electron chi connectivity index (χ1n) is 2.53. The van der Waals surface area contributed by atoms with E-state index in [4.69, 9.17) is 0 Å². The second-order valence-electron chi connectivity index (χ2n) is 1.26. The smallest absolute Gasteiger partial charge is 0.377 e. The van der Waals surface area contributed by atoms with Crippen LogP contribution in [-0.4, -0.2) is 16.1 Å². The fourth-order valence-electron chi connectivity index (χ4n) is 0.385. The highest BCUT2D eigenvalue weighted by molar-refractivity contribution is 6.15. The number of hydrogen-bond acceptors (Lipinski definition) is 0. The molecule has 0 amide bonds. The van der Waals surface area contributed by atoms with Crippen molar-refractivity contribution in [2.24, 2.45) is 0 Å². The first-order valence-corrected chi connectivity index (χ1v) is 3.60. The average molecular weight is 144 g/mol. The molecule has 48 valence electrons. The highest BCUT2D eigenvalue weighted by Crippen LogP contribution is 1.79. The summed E-state index contributed by atoms with van der Waals surface area (Å²) in [4.78, 5) is 0. The molecule has 0 aliphatic carbocycles. The van der Waals surface area contributed by atoms with Gasteiger partial charge in [-0.25, -0.2) is 0 Å². The minimum Gasteiger partial charge on any atom is -0.377 e. The lowest BCUT2D eigenvalue weighted by Gasteiger charge is -1.69. The van der Waals surface area contributed by atoms with Gasteiger partial charge in [0.05, 0.1) is 0 Å². The quantitative estimate of drug-likeness (QED) is 0.487. The van der Waals surface area contributed by atoms with Gasteiger partial charge in [-0.1, -0.05) is 36.4 Å². The summed E-state index contributed by atoms with van der Waals surface area (Å²) < 4.78 is 19.5. The molecule has 0 aliphatic heterocycles. The second kappa shape index (κ2) is 7.61. The Morgan fingerprint density at radius 3 is 0.889 bits per heavy atom. The summed E-state index contributed by atoms with van der Waals surface area (Å²) in [6, 6.07) is 12.0. The lowest BCUT2D eigenvalue weighted by molar-refractivity contribution is 0.712. The van der Waals surface area contributed by atoms with Crippen LogP contribution in [0.25, 0.3) is 0 Å². The van der Waals surface area contributed by atoms with Gasteiger partial charge in [0.15, 0.2) is 0 Å². The molecular formula is C6H7AlF2. The predicted octanol–water partition coefficient (Wildman–Crippen LogP) is 1.88. The van der Waals surface area contributed by atoms with E-state index in [9.17, 15) is 7.05 Å². The van der Waals surface area contributed by atoms with E-state index in [-0.39, 0.29) is 0 Å². The van der Waals surface area contributed by atoms with Crippen LogP contribution >= 0.6 is 0 Å². The molecule has 0 aromatic heterocycles. The van der Waals surface area contributed by atoms with Crippen molar-refractivity contribution in [3.63, 3.8) is 0 Å². The zero-order valence-corrected chi connectivity index (χ0v) is 6.34. The van der Waals surface area contributed by atoms with Crippen molar-refractivity contribution < 1.29 is 7.05 Å². The van der Waals surface area contributed by atoms with Gasteiger partial charge in [-0.3, -0.25) is 0 Å². The van der Waals surface area contributed by atoms with Crippen molar-refractivity contribution >= 4 is 16.1 Å². The van der Waals surface area contributed by atoms with Crippen molar-refractivity contribution in [2.45, 2.75) is 0 Å². The van der Waals surface area contributed by atoms with Gasteiger partial charge < -0.3 is 7.05 Å². The maximum atomic E-state index is 9.76. The third-order valence-corrected chi connectivity index (χ3v) is 0.667. The molecule has 0 spiro atoms. The number of hydrogen-bond donors (Lipinski definition) is 0. The molecule has 1 rings (SSSR count). The Labute approximate surface area is 60.2 Å². The van der Waals surface area contributed by atoms with Crippen LogP contribution in [-0.2, 0) is 0 Å². The van der Waals surface area contributed by atoms with E-state index in [1.165, 1.54) is 0 Å². The van der Waals surface area contributed by atoms with Gasteiger partial charge in [0.2, 0.25) is 0 Å². The SMILES string of the molecule is [F][AlH][F].c1ccccc1. The Morgan fingerprint density at radius 2 is 0.778 bits per heavy atom. The first-order chi connectivity index (χ1) is 4.41. The van der Waals surface area contributed by atoms with Crippen LogP contribution in [0.2, 0.25) is 0 Å². The van der Waals surface area contributed by atoms with Gasteiger partial charge in [0.1, 0.15) is 0 Å². The van der Waals surface area contributed by atoms with Crippen LogP contribution < -0.4 is 0 Å². The van der Waals surface area contributed by atoms with Crippen LogP contribution in [0.15, 0.2) is 36.4 Å². The molecule has 0 heterocycles. The molecule has 3 heteroatoms. The van der Waals surface area contributed by atoms with Crippen LogP contribution in [0, 0.1) is 0 Å². The molecule has 0 saturated heterocycles. The van der Waals surface area contributed by atoms with E-state index < -0.39 is 16.1 Å². The Hall–Kier alpha value is -0.388. The topological polar surface area (TPSA) is 0 Å². The van der Waals surface area contributed by atoms with E-state index in [1.54, 1.807) is 0 Å². The molecule has 0 radical (unpaired) electrons. The lowest BCUT2D eigenvalue weighted by Crippen LogP contribution is -1.47. The van der Waals surface area contributed by atoms with E-state index in [1.807, 2.05) is 36.4 Å². The van der Waals surface area contributed by atoms with Crippen molar-refractivity contribution in [3.8, 4) is 0 Å². The average Bonchev–Trinajstić information content (AvgIpc) is 1.93. The monoisotopic (exact) mass is 144 g/mol. The molecule has 9 heavy (non-hydrogen) atoms. The zero-order chi connectivity index (χ0) is 6.95.